The molecule has 202 valence electrons. The molecule has 3 fully saturated rings. The van der Waals surface area contributed by atoms with Crippen molar-refractivity contribution in [2.75, 3.05) is 0 Å². The van der Waals surface area contributed by atoms with Crippen LogP contribution in [0.3, 0.4) is 0 Å². The average Bonchev–Trinajstić information content (AvgIpc) is 3.14. The predicted molar refractivity (Wildman–Crippen MR) is 143 cm³/mol. The third kappa shape index (κ3) is 7.57. The number of carbonyl (C=O) groups excluding carboxylic acids is 1. The van der Waals surface area contributed by atoms with Gasteiger partial charge in [0.2, 0.25) is 0 Å². The number of hydrogen-bond donors (Lipinski definition) is 2. The molecule has 0 spiro atoms. The first kappa shape index (κ1) is 28.7. The van der Waals surface area contributed by atoms with Crippen molar-refractivity contribution in [3.05, 3.63) is 35.5 Å². The highest BCUT2D eigenvalue weighted by Gasteiger charge is 2.50. The number of aliphatic carboxylic acids is 1. The molecule has 5 atom stereocenters. The summed E-state index contributed by atoms with van der Waals surface area (Å²) in [5.41, 5.74) is 3.62. The van der Waals surface area contributed by atoms with E-state index in [1.165, 1.54) is 32.1 Å². The number of aliphatic hydroxyl groups is 1. The number of carboxylic acids is 1. The lowest BCUT2D eigenvalue weighted by Gasteiger charge is -2.44. The van der Waals surface area contributed by atoms with E-state index in [4.69, 9.17) is 9.84 Å². The number of esters is 1. The molecule has 3 aliphatic carbocycles. The third-order valence-electron chi connectivity index (χ3n) is 9.18. The summed E-state index contributed by atoms with van der Waals surface area (Å²) in [6.45, 7) is 13.0. The zero-order valence-electron chi connectivity index (χ0n) is 23.0. The van der Waals surface area contributed by atoms with Crippen LogP contribution in [0.15, 0.2) is 35.5 Å². The first-order valence-electron chi connectivity index (χ1n) is 14.1. The quantitative estimate of drug-likeness (QED) is 0.311. The van der Waals surface area contributed by atoms with E-state index < -0.39 is 17.5 Å². The van der Waals surface area contributed by atoms with Crippen molar-refractivity contribution in [1.82, 2.24) is 0 Å². The Balaban J connectivity index is 1.64. The minimum atomic E-state index is -0.978. The van der Waals surface area contributed by atoms with Gasteiger partial charge in [0.15, 0.2) is 0 Å². The smallest absolute Gasteiger partial charge is 0.306 e. The molecular formula is C31H48O5. The number of rotatable bonds is 10. The van der Waals surface area contributed by atoms with Crippen LogP contribution in [0.1, 0.15) is 111 Å². The van der Waals surface area contributed by atoms with Gasteiger partial charge in [-0.3, -0.25) is 9.59 Å². The van der Waals surface area contributed by atoms with Crippen LogP contribution in [0.2, 0.25) is 0 Å². The summed E-state index contributed by atoms with van der Waals surface area (Å²) in [7, 11) is 0. The third-order valence-corrected chi connectivity index (χ3v) is 9.18. The van der Waals surface area contributed by atoms with E-state index in [0.717, 1.165) is 49.2 Å². The molecular weight excluding hydrogens is 452 g/mol. The van der Waals surface area contributed by atoms with Gasteiger partial charge in [0.05, 0.1) is 18.4 Å². The highest BCUT2D eigenvalue weighted by molar-refractivity contribution is 5.76. The average molecular weight is 501 g/mol. The molecule has 2 N–H and O–H groups in total. The maximum absolute atomic E-state index is 12.0. The Labute approximate surface area is 218 Å². The molecule has 0 aliphatic heterocycles. The van der Waals surface area contributed by atoms with Crippen LogP contribution < -0.4 is 0 Å². The molecule has 0 aromatic carbocycles. The van der Waals surface area contributed by atoms with Crippen molar-refractivity contribution < 1.29 is 24.5 Å². The zero-order valence-corrected chi connectivity index (χ0v) is 23.0. The first-order chi connectivity index (χ1) is 16.9. The lowest BCUT2D eigenvalue weighted by Crippen LogP contribution is -2.36. The van der Waals surface area contributed by atoms with Crippen LogP contribution in [0, 0.1) is 23.2 Å². The maximum Gasteiger partial charge on any atom is 0.306 e. The fourth-order valence-corrected chi connectivity index (χ4v) is 7.21. The van der Waals surface area contributed by atoms with Crippen molar-refractivity contribution in [3.8, 4) is 0 Å². The summed E-state index contributed by atoms with van der Waals surface area (Å²) in [5, 5.41) is 18.9. The minimum Gasteiger partial charge on any atom is -0.481 e. The van der Waals surface area contributed by atoms with Crippen molar-refractivity contribution in [2.24, 2.45) is 23.2 Å². The summed E-state index contributed by atoms with van der Waals surface area (Å²) < 4.78 is 5.57. The lowest BCUT2D eigenvalue weighted by molar-refractivity contribution is -0.152. The second-order valence-electron chi connectivity index (χ2n) is 12.6. The molecule has 3 saturated carbocycles. The Morgan fingerprint density at radius 2 is 1.94 bits per heavy atom. The van der Waals surface area contributed by atoms with Crippen LogP contribution in [-0.2, 0) is 14.3 Å². The van der Waals surface area contributed by atoms with Gasteiger partial charge in [-0.15, -0.1) is 0 Å². The number of carboxylic acid groups (broad SMARTS) is 1. The van der Waals surface area contributed by atoms with Gasteiger partial charge in [-0.05, 0) is 94.0 Å². The van der Waals surface area contributed by atoms with E-state index in [1.807, 2.05) is 13.8 Å². The number of carbonyl (C=O) groups is 2. The van der Waals surface area contributed by atoms with Gasteiger partial charge in [-0.2, -0.15) is 0 Å². The van der Waals surface area contributed by atoms with Crippen molar-refractivity contribution in [1.29, 1.82) is 0 Å². The molecule has 0 radical (unpaired) electrons. The van der Waals surface area contributed by atoms with Crippen LogP contribution >= 0.6 is 0 Å². The molecule has 5 nitrogen and oxygen atoms in total. The standard InChI is InChI=1S/C31H48O5/c1-21-10-13-25(36-29(34)17-16-28(32)33)20-24(21)12-11-23-9-7-19-31(5)26(14-15-27(23)31)22(2)8-6-18-30(3,4)35/h11-12,22,25-27,35H,1,6-10,13-20H2,2-5H3,(H,32,33)/b23-11?,24-12-/t22-,25+,26?,27?,31-/m1/s1. The van der Waals surface area contributed by atoms with Crippen molar-refractivity contribution >= 4 is 11.9 Å². The van der Waals surface area contributed by atoms with Crippen LogP contribution in [0.5, 0.6) is 0 Å². The molecule has 0 bridgehead atoms. The van der Waals surface area contributed by atoms with E-state index in [9.17, 15) is 14.7 Å². The number of hydrogen-bond acceptors (Lipinski definition) is 4. The highest BCUT2D eigenvalue weighted by atomic mass is 16.5. The highest BCUT2D eigenvalue weighted by Crippen LogP contribution is 2.60. The van der Waals surface area contributed by atoms with Gasteiger partial charge >= 0.3 is 11.9 Å². The molecule has 0 amide bonds. The molecule has 0 heterocycles. The Morgan fingerprint density at radius 3 is 2.64 bits per heavy atom. The second-order valence-corrected chi connectivity index (χ2v) is 12.6. The van der Waals surface area contributed by atoms with Crippen molar-refractivity contribution in [2.45, 2.75) is 123 Å². The predicted octanol–water partition coefficient (Wildman–Crippen LogP) is 7.15. The monoisotopic (exact) mass is 500 g/mol. The number of fused-ring (bicyclic) bond motifs is 1. The second kappa shape index (κ2) is 12.1. The summed E-state index contributed by atoms with van der Waals surface area (Å²) in [6.07, 6.45) is 15.7. The summed E-state index contributed by atoms with van der Waals surface area (Å²) in [4.78, 5) is 22.7. The first-order valence-corrected chi connectivity index (χ1v) is 14.1. The molecule has 0 aromatic heterocycles. The molecule has 5 heteroatoms. The summed E-state index contributed by atoms with van der Waals surface area (Å²) in [6, 6.07) is 0. The van der Waals surface area contributed by atoms with Gasteiger partial charge < -0.3 is 14.9 Å². The topological polar surface area (TPSA) is 83.8 Å². The van der Waals surface area contributed by atoms with E-state index >= 15 is 0 Å². The fraction of sp³-hybridized carbons (Fsp3) is 0.742. The normalized spacial score (nSPS) is 31.9. The summed E-state index contributed by atoms with van der Waals surface area (Å²) >= 11 is 0. The van der Waals surface area contributed by atoms with Crippen LogP contribution in [0.25, 0.3) is 0 Å². The van der Waals surface area contributed by atoms with E-state index in [2.05, 4.69) is 32.6 Å². The SMILES string of the molecule is C=C1CC[C@H](OC(=O)CCC(=O)O)C/C1=C/C=C1CCC[C@@]2(C)C1CCC2[C@H](C)CCCC(C)(C)O. The molecule has 3 rings (SSSR count). The van der Waals surface area contributed by atoms with E-state index in [0.29, 0.717) is 23.7 Å². The van der Waals surface area contributed by atoms with Gasteiger partial charge in [-0.1, -0.05) is 56.6 Å². The molecule has 36 heavy (non-hydrogen) atoms. The van der Waals surface area contributed by atoms with Gasteiger partial charge in [0, 0.05) is 6.42 Å². The number of allylic oxidation sites excluding steroid dienone is 4. The summed E-state index contributed by atoms with van der Waals surface area (Å²) in [5.74, 6) is 0.638. The Morgan fingerprint density at radius 1 is 1.19 bits per heavy atom. The Bertz CT molecular complexity index is 876. The van der Waals surface area contributed by atoms with Gasteiger partial charge in [0.25, 0.3) is 0 Å². The van der Waals surface area contributed by atoms with Crippen LogP contribution in [-0.4, -0.2) is 33.9 Å². The van der Waals surface area contributed by atoms with E-state index in [-0.39, 0.29) is 18.9 Å². The fourth-order valence-electron chi connectivity index (χ4n) is 7.21. The lowest BCUT2D eigenvalue weighted by atomic mass is 9.60. The zero-order chi connectivity index (χ0) is 26.5. The van der Waals surface area contributed by atoms with Gasteiger partial charge in [-0.25, -0.2) is 0 Å². The van der Waals surface area contributed by atoms with Gasteiger partial charge in [0.1, 0.15) is 6.10 Å². The molecule has 0 saturated heterocycles. The maximum atomic E-state index is 12.0. The minimum absolute atomic E-state index is 0.0759. The molecule has 2 unspecified atom stereocenters. The number of ether oxygens (including phenoxy) is 1. The Hall–Kier alpha value is -1.88. The van der Waals surface area contributed by atoms with E-state index in [1.54, 1.807) is 5.57 Å². The molecule has 0 aromatic rings. The van der Waals surface area contributed by atoms with Crippen molar-refractivity contribution in [3.63, 3.8) is 0 Å². The molecule has 3 aliphatic rings. The van der Waals surface area contributed by atoms with Crippen LogP contribution in [0.4, 0.5) is 0 Å². The Kier molecular flexibility index (Phi) is 9.65. The largest absolute Gasteiger partial charge is 0.481 e.